The molecule has 31 heavy (non-hydrogen) atoms. The topological polar surface area (TPSA) is 89.5 Å². The zero-order chi connectivity index (χ0) is 21.8. The van der Waals surface area contributed by atoms with Crippen molar-refractivity contribution in [2.24, 2.45) is 4.99 Å². The Labute approximate surface area is 180 Å². The minimum Gasteiger partial charge on any atom is -0.492 e. The van der Waals surface area contributed by atoms with E-state index in [1.165, 1.54) is 6.92 Å². The molecule has 0 radical (unpaired) electrons. The van der Waals surface area contributed by atoms with Crippen LogP contribution in [0.1, 0.15) is 24.5 Å². The summed E-state index contributed by atoms with van der Waals surface area (Å²) in [5.74, 6) is 1.40. The van der Waals surface area contributed by atoms with Crippen LogP contribution in [0, 0.1) is 0 Å². The quantitative estimate of drug-likeness (QED) is 0.519. The van der Waals surface area contributed by atoms with E-state index in [1.807, 2.05) is 41.3 Å². The Hall–Kier alpha value is -3.55. The maximum absolute atomic E-state index is 12.6. The monoisotopic (exact) mass is 423 g/mol. The molecule has 1 saturated heterocycles. The van der Waals surface area contributed by atoms with Crippen molar-refractivity contribution in [2.75, 3.05) is 20.3 Å². The van der Waals surface area contributed by atoms with Crippen LogP contribution in [0.2, 0.25) is 0 Å². The van der Waals surface area contributed by atoms with Crippen LogP contribution in [0.3, 0.4) is 0 Å². The van der Waals surface area contributed by atoms with E-state index in [4.69, 9.17) is 14.2 Å². The summed E-state index contributed by atoms with van der Waals surface area (Å²) >= 11 is 0. The molecule has 1 fully saturated rings. The number of fused-ring (bicyclic) bond motifs is 2. The van der Waals surface area contributed by atoms with Gasteiger partial charge in [0.1, 0.15) is 6.04 Å². The van der Waals surface area contributed by atoms with Crippen LogP contribution >= 0.6 is 0 Å². The number of guanidine groups is 1. The van der Waals surface area contributed by atoms with Crippen molar-refractivity contribution in [3.8, 4) is 11.5 Å². The van der Waals surface area contributed by atoms with E-state index in [2.05, 4.69) is 10.3 Å². The molecule has 0 bridgehead atoms. The van der Waals surface area contributed by atoms with Gasteiger partial charge in [0.15, 0.2) is 11.5 Å². The molecule has 0 spiro atoms. The molecule has 2 aliphatic rings. The fourth-order valence-corrected chi connectivity index (χ4v) is 3.80. The van der Waals surface area contributed by atoms with Crippen molar-refractivity contribution in [1.29, 1.82) is 0 Å². The fourth-order valence-electron chi connectivity index (χ4n) is 3.80. The third-order valence-electron chi connectivity index (χ3n) is 5.27. The lowest BCUT2D eigenvalue weighted by molar-refractivity contribution is -0.141. The first-order chi connectivity index (χ1) is 15.1. The average Bonchev–Trinajstić information content (AvgIpc) is 3.06. The number of methoxy groups -OCH3 is 1. The lowest BCUT2D eigenvalue weighted by Gasteiger charge is -2.29. The Balaban J connectivity index is 1.51. The lowest BCUT2D eigenvalue weighted by Crippen LogP contribution is -2.38. The van der Waals surface area contributed by atoms with E-state index in [9.17, 15) is 9.59 Å². The molecule has 162 valence electrons. The Bertz CT molecular complexity index is 1010. The molecule has 1 N–H and O–H groups in total. The number of ether oxygens (including phenoxy) is 3. The largest absolute Gasteiger partial charge is 0.492 e. The highest BCUT2D eigenvalue weighted by atomic mass is 16.5. The second-order valence-electron chi connectivity index (χ2n) is 7.39. The predicted octanol–water partition coefficient (Wildman–Crippen LogP) is 2.57. The van der Waals surface area contributed by atoms with Crippen LogP contribution in [0.15, 0.2) is 47.5 Å². The van der Waals surface area contributed by atoms with Gasteiger partial charge in [-0.1, -0.05) is 30.3 Å². The number of aliphatic imine (C=N–C) groups is 1. The number of hydrogen-bond donors (Lipinski definition) is 1. The maximum atomic E-state index is 12.6. The van der Waals surface area contributed by atoms with Crippen LogP contribution in [0.25, 0.3) is 0 Å². The van der Waals surface area contributed by atoms with Gasteiger partial charge >= 0.3 is 5.97 Å². The van der Waals surface area contributed by atoms with Crippen molar-refractivity contribution in [3.63, 3.8) is 0 Å². The van der Waals surface area contributed by atoms with Crippen LogP contribution in [0.4, 0.5) is 5.69 Å². The standard InChI is InChI=1S/C23H25N3O5/c1-15(27)30-11-6-12-31-20-10-9-18-17(21(20)29-2)14-26-19(22(28)25-23(26)24-18)13-16-7-4-3-5-8-16/h3-5,7-10,19H,6,11-14H2,1-2H3,(H,24,25,28). The summed E-state index contributed by atoms with van der Waals surface area (Å²) < 4.78 is 16.5. The second-order valence-corrected chi connectivity index (χ2v) is 7.39. The summed E-state index contributed by atoms with van der Waals surface area (Å²) in [6, 6.07) is 13.3. The number of rotatable bonds is 8. The van der Waals surface area contributed by atoms with E-state index in [0.29, 0.717) is 50.1 Å². The molecular formula is C23H25N3O5. The van der Waals surface area contributed by atoms with E-state index in [1.54, 1.807) is 13.2 Å². The minimum absolute atomic E-state index is 0.0590. The predicted molar refractivity (Wildman–Crippen MR) is 114 cm³/mol. The van der Waals surface area contributed by atoms with Crippen LogP contribution in [-0.4, -0.2) is 49.1 Å². The molecule has 1 amide bonds. The molecule has 1 atom stereocenters. The number of carbonyl (C=O) groups is 2. The molecule has 1 unspecified atom stereocenters. The number of nitrogens with one attached hydrogen (secondary N) is 1. The van der Waals surface area contributed by atoms with Crippen LogP contribution in [-0.2, 0) is 27.3 Å². The summed E-state index contributed by atoms with van der Waals surface area (Å²) in [6.07, 6.45) is 1.17. The van der Waals surface area contributed by atoms with Gasteiger partial charge in [0.25, 0.3) is 0 Å². The van der Waals surface area contributed by atoms with Gasteiger partial charge in [-0.3, -0.25) is 14.9 Å². The SMILES string of the molecule is COc1c(OCCCOC(C)=O)ccc2c1CN1C(=N2)NC(=O)C1Cc1ccccc1. The first-order valence-corrected chi connectivity index (χ1v) is 10.2. The summed E-state index contributed by atoms with van der Waals surface area (Å²) in [6.45, 7) is 2.56. The number of hydrogen-bond acceptors (Lipinski definition) is 7. The minimum atomic E-state index is -0.340. The maximum Gasteiger partial charge on any atom is 0.302 e. The highest BCUT2D eigenvalue weighted by molar-refractivity contribution is 6.08. The zero-order valence-electron chi connectivity index (χ0n) is 17.6. The van der Waals surface area contributed by atoms with Crippen molar-refractivity contribution in [1.82, 2.24) is 10.2 Å². The summed E-state index contributed by atoms with van der Waals surface area (Å²) in [4.78, 5) is 30.1. The van der Waals surface area contributed by atoms with E-state index < -0.39 is 0 Å². The number of nitrogens with zero attached hydrogens (tertiary/aromatic N) is 2. The van der Waals surface area contributed by atoms with Gasteiger partial charge in [-0.15, -0.1) is 0 Å². The van der Waals surface area contributed by atoms with E-state index in [-0.39, 0.29) is 17.9 Å². The lowest BCUT2D eigenvalue weighted by atomic mass is 10.0. The number of carbonyl (C=O) groups excluding carboxylic acids is 2. The summed E-state index contributed by atoms with van der Waals surface area (Å²) in [7, 11) is 1.59. The van der Waals surface area contributed by atoms with Crippen molar-refractivity contribution >= 4 is 23.5 Å². The first-order valence-electron chi connectivity index (χ1n) is 10.2. The molecule has 0 aromatic heterocycles. The van der Waals surface area contributed by atoms with Crippen molar-refractivity contribution in [2.45, 2.75) is 32.4 Å². The number of amides is 1. The van der Waals surface area contributed by atoms with Gasteiger partial charge in [-0.2, -0.15) is 0 Å². The molecule has 2 aliphatic heterocycles. The van der Waals surface area contributed by atoms with Gasteiger partial charge < -0.3 is 19.1 Å². The van der Waals surface area contributed by atoms with Crippen LogP contribution < -0.4 is 14.8 Å². The van der Waals surface area contributed by atoms with Crippen LogP contribution in [0.5, 0.6) is 11.5 Å². The highest BCUT2D eigenvalue weighted by Gasteiger charge is 2.40. The highest BCUT2D eigenvalue weighted by Crippen LogP contribution is 2.41. The molecule has 8 nitrogen and oxygen atoms in total. The molecule has 2 aromatic rings. The van der Waals surface area contributed by atoms with Gasteiger partial charge in [-0.25, -0.2) is 4.99 Å². The van der Waals surface area contributed by atoms with Crippen molar-refractivity contribution in [3.05, 3.63) is 53.6 Å². The van der Waals surface area contributed by atoms with E-state index >= 15 is 0 Å². The Morgan fingerprint density at radius 2 is 2.00 bits per heavy atom. The van der Waals surface area contributed by atoms with Gasteiger partial charge in [-0.05, 0) is 17.7 Å². The molecule has 2 aromatic carbocycles. The summed E-state index contributed by atoms with van der Waals surface area (Å²) in [5, 5.41) is 2.90. The smallest absolute Gasteiger partial charge is 0.302 e. The van der Waals surface area contributed by atoms with Gasteiger partial charge in [0, 0.05) is 25.3 Å². The zero-order valence-corrected chi connectivity index (χ0v) is 17.6. The first kappa shape index (κ1) is 20.7. The molecule has 2 heterocycles. The molecular weight excluding hydrogens is 398 g/mol. The number of benzene rings is 2. The Morgan fingerprint density at radius 1 is 1.19 bits per heavy atom. The average molecular weight is 423 g/mol. The normalized spacial score (nSPS) is 16.7. The third kappa shape index (κ3) is 4.47. The Morgan fingerprint density at radius 3 is 2.74 bits per heavy atom. The molecule has 0 saturated carbocycles. The number of esters is 1. The van der Waals surface area contributed by atoms with Crippen molar-refractivity contribution < 1.29 is 23.8 Å². The molecule has 0 aliphatic carbocycles. The molecule has 8 heteroatoms. The second kappa shape index (κ2) is 9.07. The Kier molecular flexibility index (Phi) is 6.06. The molecule has 4 rings (SSSR count). The summed E-state index contributed by atoms with van der Waals surface area (Å²) in [5.41, 5.74) is 2.71. The van der Waals surface area contributed by atoms with E-state index in [0.717, 1.165) is 16.8 Å². The fraction of sp³-hybridized carbons (Fsp3) is 0.348. The van der Waals surface area contributed by atoms with Gasteiger partial charge in [0.2, 0.25) is 11.9 Å². The third-order valence-corrected chi connectivity index (χ3v) is 5.27. The van der Waals surface area contributed by atoms with Gasteiger partial charge in [0.05, 0.1) is 32.6 Å².